The van der Waals surface area contributed by atoms with Crippen molar-refractivity contribution in [3.8, 4) is 0 Å². The molecule has 0 atom stereocenters. The van der Waals surface area contributed by atoms with Crippen molar-refractivity contribution in [2.75, 3.05) is 10.0 Å². The van der Waals surface area contributed by atoms with E-state index in [0.29, 0.717) is 11.4 Å². The smallest absolute Gasteiger partial charge is 0.265 e. The number of hydrogen-bond donors (Lipinski definition) is 3. The van der Waals surface area contributed by atoms with Crippen LogP contribution in [0.3, 0.4) is 0 Å². The highest BCUT2D eigenvalue weighted by Gasteiger charge is 2.29. The summed E-state index contributed by atoms with van der Waals surface area (Å²) in [6.45, 7) is 0. The molecule has 0 bridgehead atoms. The molecule has 132 valence electrons. The van der Waals surface area contributed by atoms with E-state index >= 15 is 0 Å². The van der Waals surface area contributed by atoms with E-state index in [2.05, 4.69) is 10.0 Å². The Labute approximate surface area is 145 Å². The fraction of sp³-hybridized carbons (Fsp3) is 0.250. The number of hydrogen-bond acceptors (Lipinski definition) is 4. The van der Waals surface area contributed by atoms with Crippen LogP contribution < -0.4 is 15.8 Å². The van der Waals surface area contributed by atoms with Gasteiger partial charge in [-0.2, -0.15) is 0 Å². The minimum absolute atomic E-state index is 0.0527. The van der Waals surface area contributed by atoms with Crippen LogP contribution in [0.5, 0.6) is 0 Å². The largest absolute Gasteiger partial charge is 0.364 e. The number of aromatic nitrogens is 1. The van der Waals surface area contributed by atoms with Gasteiger partial charge < -0.3 is 15.6 Å². The molecule has 9 heteroatoms. The van der Waals surface area contributed by atoms with Crippen molar-refractivity contribution < 1.29 is 18.0 Å². The molecule has 1 saturated carbocycles. The van der Waals surface area contributed by atoms with Crippen LogP contribution in [0.1, 0.15) is 23.3 Å². The average molecular weight is 362 g/mol. The van der Waals surface area contributed by atoms with E-state index in [-0.39, 0.29) is 22.4 Å². The number of benzene rings is 1. The summed E-state index contributed by atoms with van der Waals surface area (Å²) < 4.78 is 28.7. The van der Waals surface area contributed by atoms with Gasteiger partial charge in [-0.1, -0.05) is 6.07 Å². The zero-order valence-electron chi connectivity index (χ0n) is 13.5. The molecule has 1 aromatic heterocycles. The van der Waals surface area contributed by atoms with Crippen LogP contribution in [-0.2, 0) is 21.9 Å². The predicted molar refractivity (Wildman–Crippen MR) is 92.5 cm³/mol. The molecule has 0 radical (unpaired) electrons. The molecule has 0 spiro atoms. The number of anilines is 2. The first-order valence-electron chi connectivity index (χ1n) is 7.66. The maximum atomic E-state index is 12.5. The average Bonchev–Trinajstić information content (AvgIpc) is 3.29. The van der Waals surface area contributed by atoms with Gasteiger partial charge in [0.15, 0.2) is 0 Å². The van der Waals surface area contributed by atoms with Crippen LogP contribution in [0.25, 0.3) is 0 Å². The normalized spacial score (nSPS) is 14.1. The number of sulfonamides is 1. The maximum absolute atomic E-state index is 12.5. The molecule has 0 unspecified atom stereocenters. The minimum Gasteiger partial charge on any atom is -0.364 e. The van der Waals surface area contributed by atoms with E-state index in [4.69, 9.17) is 5.73 Å². The van der Waals surface area contributed by atoms with Gasteiger partial charge in [0.2, 0.25) is 5.91 Å². The summed E-state index contributed by atoms with van der Waals surface area (Å²) in [7, 11) is -2.35. The van der Waals surface area contributed by atoms with Crippen molar-refractivity contribution in [2.45, 2.75) is 17.7 Å². The predicted octanol–water partition coefficient (Wildman–Crippen LogP) is 1.27. The Morgan fingerprint density at radius 2 is 1.88 bits per heavy atom. The summed E-state index contributed by atoms with van der Waals surface area (Å²) in [5.74, 6) is -0.722. The third-order valence-electron chi connectivity index (χ3n) is 3.87. The first kappa shape index (κ1) is 17.0. The number of rotatable bonds is 6. The van der Waals surface area contributed by atoms with Crippen LogP contribution in [0.2, 0.25) is 0 Å². The molecule has 1 aliphatic rings. The lowest BCUT2D eigenvalue weighted by molar-refractivity contribution is -0.117. The summed E-state index contributed by atoms with van der Waals surface area (Å²) in [6.07, 6.45) is 3.07. The highest BCUT2D eigenvalue weighted by molar-refractivity contribution is 7.92. The Bertz CT molecular complexity index is 945. The molecule has 1 fully saturated rings. The van der Waals surface area contributed by atoms with Gasteiger partial charge in [0.1, 0.15) is 10.6 Å². The van der Waals surface area contributed by atoms with Gasteiger partial charge in [0.25, 0.3) is 15.9 Å². The fourth-order valence-corrected chi connectivity index (χ4v) is 3.51. The highest BCUT2D eigenvalue weighted by Crippen LogP contribution is 2.30. The van der Waals surface area contributed by atoms with Gasteiger partial charge in [0, 0.05) is 24.8 Å². The summed E-state index contributed by atoms with van der Waals surface area (Å²) in [4.78, 5) is 23.0. The van der Waals surface area contributed by atoms with Gasteiger partial charge in [-0.25, -0.2) is 8.42 Å². The minimum atomic E-state index is -3.89. The molecule has 0 aliphatic heterocycles. The molecule has 1 heterocycles. The van der Waals surface area contributed by atoms with Gasteiger partial charge >= 0.3 is 0 Å². The van der Waals surface area contributed by atoms with Crippen molar-refractivity contribution in [2.24, 2.45) is 18.7 Å². The van der Waals surface area contributed by atoms with Gasteiger partial charge in [-0.05, 0) is 37.1 Å². The Morgan fingerprint density at radius 3 is 2.48 bits per heavy atom. The zero-order chi connectivity index (χ0) is 18.2. The van der Waals surface area contributed by atoms with E-state index in [1.165, 1.54) is 29.9 Å². The van der Waals surface area contributed by atoms with Crippen LogP contribution >= 0.6 is 0 Å². The third-order valence-corrected chi connectivity index (χ3v) is 5.22. The third kappa shape index (κ3) is 3.82. The SMILES string of the molecule is Cn1cc(S(=O)(=O)Nc2cccc(NC(=O)C3CC3)c2)cc1C(N)=O. The number of aryl methyl sites for hydroxylation is 1. The first-order chi connectivity index (χ1) is 11.8. The second-order valence-electron chi connectivity index (χ2n) is 5.99. The number of carbonyl (C=O) groups is 2. The van der Waals surface area contributed by atoms with E-state index in [9.17, 15) is 18.0 Å². The Balaban J connectivity index is 1.79. The summed E-state index contributed by atoms with van der Waals surface area (Å²) in [6, 6.07) is 7.65. The molecule has 4 N–H and O–H groups in total. The quantitative estimate of drug-likeness (QED) is 0.716. The molecule has 1 aliphatic carbocycles. The lowest BCUT2D eigenvalue weighted by Gasteiger charge is -2.09. The Hall–Kier alpha value is -2.81. The first-order valence-corrected chi connectivity index (χ1v) is 9.14. The maximum Gasteiger partial charge on any atom is 0.265 e. The number of nitrogens with one attached hydrogen (secondary N) is 2. The lowest BCUT2D eigenvalue weighted by atomic mass is 10.2. The number of nitrogens with two attached hydrogens (primary N) is 1. The lowest BCUT2D eigenvalue weighted by Crippen LogP contribution is -2.15. The monoisotopic (exact) mass is 362 g/mol. The van der Waals surface area contributed by atoms with Crippen molar-refractivity contribution in [3.05, 3.63) is 42.2 Å². The second-order valence-corrected chi connectivity index (χ2v) is 7.67. The Kier molecular flexibility index (Phi) is 4.25. The van der Waals surface area contributed by atoms with Gasteiger partial charge in [-0.15, -0.1) is 0 Å². The van der Waals surface area contributed by atoms with Crippen molar-refractivity contribution in [1.29, 1.82) is 0 Å². The molecule has 2 aromatic rings. The van der Waals surface area contributed by atoms with E-state index < -0.39 is 15.9 Å². The number of primary amides is 1. The topological polar surface area (TPSA) is 123 Å². The zero-order valence-corrected chi connectivity index (χ0v) is 14.3. The fourth-order valence-electron chi connectivity index (χ4n) is 2.39. The molecule has 1 aromatic carbocycles. The molecule has 2 amide bonds. The van der Waals surface area contributed by atoms with E-state index in [1.54, 1.807) is 18.2 Å². The molecule has 25 heavy (non-hydrogen) atoms. The highest BCUT2D eigenvalue weighted by atomic mass is 32.2. The van der Waals surface area contributed by atoms with Gasteiger partial charge in [-0.3, -0.25) is 14.3 Å². The summed E-state index contributed by atoms with van der Waals surface area (Å²) >= 11 is 0. The molecule has 8 nitrogen and oxygen atoms in total. The second kappa shape index (κ2) is 6.25. The molecular weight excluding hydrogens is 344 g/mol. The van der Waals surface area contributed by atoms with Crippen LogP contribution in [0, 0.1) is 5.92 Å². The number of nitrogens with zero attached hydrogens (tertiary/aromatic N) is 1. The van der Waals surface area contributed by atoms with Crippen molar-refractivity contribution in [3.63, 3.8) is 0 Å². The van der Waals surface area contributed by atoms with Crippen molar-refractivity contribution in [1.82, 2.24) is 4.57 Å². The van der Waals surface area contributed by atoms with Crippen LogP contribution in [-0.4, -0.2) is 24.8 Å². The van der Waals surface area contributed by atoms with Crippen LogP contribution in [0.4, 0.5) is 11.4 Å². The van der Waals surface area contributed by atoms with Crippen molar-refractivity contribution >= 4 is 33.2 Å². The molecular formula is C16H18N4O4S. The summed E-state index contributed by atoms with van der Waals surface area (Å²) in [5.41, 5.74) is 6.11. The Morgan fingerprint density at radius 1 is 1.20 bits per heavy atom. The summed E-state index contributed by atoms with van der Waals surface area (Å²) in [5, 5.41) is 2.76. The molecule has 0 saturated heterocycles. The number of amides is 2. The standard InChI is InChI=1S/C16H18N4O4S/c1-20-9-13(8-14(20)15(17)21)25(23,24)19-12-4-2-3-11(7-12)18-16(22)10-5-6-10/h2-4,7-10,19H,5-6H2,1H3,(H2,17,21)(H,18,22). The van der Waals surface area contributed by atoms with Crippen LogP contribution in [0.15, 0.2) is 41.4 Å². The van der Waals surface area contributed by atoms with E-state index in [1.807, 2.05) is 0 Å². The van der Waals surface area contributed by atoms with E-state index in [0.717, 1.165) is 12.8 Å². The number of carbonyl (C=O) groups excluding carboxylic acids is 2. The molecule has 3 rings (SSSR count). The van der Waals surface area contributed by atoms with Gasteiger partial charge in [0.05, 0.1) is 5.69 Å².